The van der Waals surface area contributed by atoms with Gasteiger partial charge in [-0.2, -0.15) is 0 Å². The van der Waals surface area contributed by atoms with Gasteiger partial charge < -0.3 is 19.5 Å². The molecule has 2 atom stereocenters. The number of aliphatic carboxylic acids is 1. The summed E-state index contributed by atoms with van der Waals surface area (Å²) in [5.74, 6) is -1.58. The molecular weight excluding hydrogens is 465 g/mol. The zero-order valence-corrected chi connectivity index (χ0v) is 20.6. The number of nitrogens with zero attached hydrogens (tertiary/aromatic N) is 2. The van der Waals surface area contributed by atoms with E-state index < -0.39 is 25.3 Å². The predicted octanol–water partition coefficient (Wildman–Crippen LogP) is 3.32. The smallest absolute Gasteiger partial charge is 0.326 e. The third-order valence-corrected chi connectivity index (χ3v) is 9.25. The average Bonchev–Trinajstić information content (AvgIpc) is 3.54. The fraction of sp³-hybridized carbons (Fsp3) is 0.423. The summed E-state index contributed by atoms with van der Waals surface area (Å²) in [7, 11) is -3.01. The van der Waals surface area contributed by atoms with Crippen LogP contribution in [0.4, 0.5) is 0 Å². The van der Waals surface area contributed by atoms with Gasteiger partial charge in [-0.15, -0.1) is 0 Å². The number of carbonyl (C=O) groups excluding carboxylic acids is 2. The molecule has 9 heteroatoms. The number of nitrogens with one attached hydrogen (secondary N) is 1. The summed E-state index contributed by atoms with van der Waals surface area (Å²) in [4.78, 5) is 40.8. The number of benzene rings is 2. The van der Waals surface area contributed by atoms with Crippen molar-refractivity contribution in [2.75, 3.05) is 19.6 Å². The molecule has 0 unspecified atom stereocenters. The quantitative estimate of drug-likeness (QED) is 0.515. The Balaban J connectivity index is 1.45. The number of hydrogen-bond donors (Lipinski definition) is 2. The van der Waals surface area contributed by atoms with Crippen LogP contribution in [0, 0.1) is 0 Å². The normalized spacial score (nSPS) is 20.2. The molecule has 0 radical (unpaired) electrons. The lowest BCUT2D eigenvalue weighted by atomic mass is 10.1. The van der Waals surface area contributed by atoms with Gasteiger partial charge in [0.15, 0.2) is 7.29 Å². The van der Waals surface area contributed by atoms with E-state index >= 15 is 0 Å². The lowest BCUT2D eigenvalue weighted by Crippen LogP contribution is -2.52. The molecule has 0 aromatic heterocycles. The monoisotopic (exact) mass is 497 g/mol. The molecule has 2 aliphatic rings. The standard InChI is InChI=1S/C26H32N3O5P/c30-24(28-15-7-13-22(28)25(31)29-16-8-14-23(29)26(32)33)17-27-35(34,18-20-9-3-1-4-10-20)19-21-11-5-2-6-12-21/h1-6,9-12,22-23H,7-8,13-19H2,(H,27,34)(H,32,33)/t22-,23-/m0/s1. The van der Waals surface area contributed by atoms with Crippen molar-refractivity contribution < 1.29 is 24.1 Å². The summed E-state index contributed by atoms with van der Waals surface area (Å²) in [5, 5.41) is 12.5. The van der Waals surface area contributed by atoms with Gasteiger partial charge in [0.1, 0.15) is 12.1 Å². The number of carboxylic acids is 1. The molecule has 2 N–H and O–H groups in total. The summed E-state index contributed by atoms with van der Waals surface area (Å²) in [5.41, 5.74) is 1.85. The topological polar surface area (TPSA) is 107 Å². The van der Waals surface area contributed by atoms with Crippen molar-refractivity contribution in [1.29, 1.82) is 0 Å². The van der Waals surface area contributed by atoms with Gasteiger partial charge in [0.2, 0.25) is 11.8 Å². The molecule has 2 aromatic carbocycles. The first-order valence-electron chi connectivity index (χ1n) is 12.1. The van der Waals surface area contributed by atoms with Crippen LogP contribution >= 0.6 is 7.29 Å². The molecule has 2 aromatic rings. The Morgan fingerprint density at radius 3 is 1.89 bits per heavy atom. The van der Waals surface area contributed by atoms with Gasteiger partial charge >= 0.3 is 5.97 Å². The van der Waals surface area contributed by atoms with E-state index in [1.807, 2.05) is 60.7 Å². The molecule has 186 valence electrons. The summed E-state index contributed by atoms with van der Waals surface area (Å²) >= 11 is 0. The Labute approximate surface area is 205 Å². The molecule has 2 heterocycles. The van der Waals surface area contributed by atoms with Crippen LogP contribution in [0.2, 0.25) is 0 Å². The Bertz CT molecular complexity index is 1050. The maximum absolute atomic E-state index is 14.0. The summed E-state index contributed by atoms with van der Waals surface area (Å²) < 4.78 is 14.0. The average molecular weight is 498 g/mol. The number of rotatable bonds is 9. The second-order valence-electron chi connectivity index (χ2n) is 9.28. The lowest BCUT2D eigenvalue weighted by Gasteiger charge is -2.30. The SMILES string of the molecule is O=C(O)[C@@H]1CCCN1C(=O)[C@@H]1CCCN1C(=O)CNP(=O)(Cc1ccccc1)Cc1ccccc1. The summed E-state index contributed by atoms with van der Waals surface area (Å²) in [6.07, 6.45) is 2.90. The van der Waals surface area contributed by atoms with E-state index in [-0.39, 0.29) is 18.4 Å². The van der Waals surface area contributed by atoms with Crippen LogP contribution in [0.3, 0.4) is 0 Å². The molecule has 0 aliphatic carbocycles. The number of hydrogen-bond acceptors (Lipinski definition) is 4. The van der Waals surface area contributed by atoms with Gasteiger partial charge in [-0.25, -0.2) is 4.79 Å². The molecule has 4 rings (SSSR count). The fourth-order valence-electron chi connectivity index (χ4n) is 5.04. The van der Waals surface area contributed by atoms with E-state index in [2.05, 4.69) is 5.09 Å². The molecule has 2 aliphatic heterocycles. The maximum atomic E-state index is 14.0. The number of amides is 2. The van der Waals surface area contributed by atoms with Crippen molar-refractivity contribution in [3.05, 3.63) is 71.8 Å². The Kier molecular flexibility index (Phi) is 8.04. The Hall–Kier alpha value is -2.96. The van der Waals surface area contributed by atoms with E-state index in [0.717, 1.165) is 11.1 Å². The van der Waals surface area contributed by atoms with Crippen molar-refractivity contribution in [1.82, 2.24) is 14.9 Å². The van der Waals surface area contributed by atoms with Gasteiger partial charge in [0, 0.05) is 25.4 Å². The van der Waals surface area contributed by atoms with E-state index in [0.29, 0.717) is 51.1 Å². The lowest BCUT2D eigenvalue weighted by molar-refractivity contribution is -0.151. The number of carboxylic acid groups (broad SMARTS) is 1. The van der Waals surface area contributed by atoms with Crippen LogP contribution < -0.4 is 5.09 Å². The van der Waals surface area contributed by atoms with Crippen LogP contribution in [0.5, 0.6) is 0 Å². The van der Waals surface area contributed by atoms with Crippen molar-refractivity contribution >= 4 is 25.1 Å². The van der Waals surface area contributed by atoms with Crippen molar-refractivity contribution in [3.63, 3.8) is 0 Å². The van der Waals surface area contributed by atoms with E-state index in [4.69, 9.17) is 0 Å². The molecule has 2 saturated heterocycles. The minimum absolute atomic E-state index is 0.136. The molecule has 2 fully saturated rings. The van der Waals surface area contributed by atoms with E-state index in [1.54, 1.807) is 0 Å². The molecule has 0 saturated carbocycles. The Morgan fingerprint density at radius 1 is 0.829 bits per heavy atom. The highest BCUT2D eigenvalue weighted by molar-refractivity contribution is 7.60. The van der Waals surface area contributed by atoms with Crippen LogP contribution in [-0.2, 0) is 31.3 Å². The van der Waals surface area contributed by atoms with E-state index in [9.17, 15) is 24.1 Å². The molecule has 35 heavy (non-hydrogen) atoms. The first-order valence-corrected chi connectivity index (χ1v) is 14.2. The minimum Gasteiger partial charge on any atom is -0.480 e. The first-order chi connectivity index (χ1) is 16.9. The molecule has 8 nitrogen and oxygen atoms in total. The van der Waals surface area contributed by atoms with Gasteiger partial charge in [-0.1, -0.05) is 60.7 Å². The zero-order valence-electron chi connectivity index (χ0n) is 19.7. The molecule has 2 amide bonds. The van der Waals surface area contributed by atoms with Crippen LogP contribution in [0.1, 0.15) is 36.8 Å². The zero-order chi connectivity index (χ0) is 24.8. The van der Waals surface area contributed by atoms with Crippen LogP contribution in [0.25, 0.3) is 0 Å². The number of carbonyl (C=O) groups is 3. The first kappa shape index (κ1) is 25.1. The third kappa shape index (κ3) is 6.19. The van der Waals surface area contributed by atoms with E-state index in [1.165, 1.54) is 9.80 Å². The van der Waals surface area contributed by atoms with Crippen molar-refractivity contribution in [2.45, 2.75) is 50.1 Å². The highest BCUT2D eigenvalue weighted by Gasteiger charge is 2.42. The maximum Gasteiger partial charge on any atom is 0.326 e. The number of likely N-dealkylation sites (tertiary alicyclic amines) is 2. The summed E-state index contributed by atoms with van der Waals surface area (Å²) in [6.45, 7) is 0.698. The minimum atomic E-state index is -3.01. The van der Waals surface area contributed by atoms with Crippen LogP contribution in [0.15, 0.2) is 60.7 Å². The predicted molar refractivity (Wildman–Crippen MR) is 133 cm³/mol. The second-order valence-corrected chi connectivity index (χ2v) is 12.0. The largest absolute Gasteiger partial charge is 0.480 e. The molecule has 0 bridgehead atoms. The third-order valence-electron chi connectivity index (χ3n) is 6.76. The van der Waals surface area contributed by atoms with Crippen molar-refractivity contribution in [2.24, 2.45) is 0 Å². The Morgan fingerprint density at radius 2 is 1.34 bits per heavy atom. The van der Waals surface area contributed by atoms with Crippen molar-refractivity contribution in [3.8, 4) is 0 Å². The highest BCUT2D eigenvalue weighted by atomic mass is 31.2. The van der Waals surface area contributed by atoms with Gasteiger partial charge in [-0.05, 0) is 36.8 Å². The fourth-order valence-corrected chi connectivity index (χ4v) is 7.40. The van der Waals surface area contributed by atoms with Gasteiger partial charge in [0.05, 0.1) is 6.54 Å². The summed E-state index contributed by atoms with van der Waals surface area (Å²) in [6, 6.07) is 17.6. The molecular formula is C26H32N3O5P. The van der Waals surface area contributed by atoms with Crippen LogP contribution in [-0.4, -0.2) is 64.4 Å². The second kappa shape index (κ2) is 11.2. The van der Waals surface area contributed by atoms with Gasteiger partial charge in [0.25, 0.3) is 0 Å². The van der Waals surface area contributed by atoms with Gasteiger partial charge in [-0.3, -0.25) is 14.7 Å². The highest BCUT2D eigenvalue weighted by Crippen LogP contribution is 2.48. The molecule has 0 spiro atoms.